The molecular weight excluding hydrogens is 577 g/mol. The Morgan fingerprint density at radius 3 is 2.15 bits per heavy atom. The molecule has 2 heterocycles. The normalized spacial score (nSPS) is 12.8. The summed E-state index contributed by atoms with van der Waals surface area (Å²) in [6, 6.07) is 21.3. The maximum atomic E-state index is 13.5. The molecule has 3 N–H and O–H groups in total. The number of nitro groups is 1. The summed E-state index contributed by atoms with van der Waals surface area (Å²) in [6.45, 7) is 1.54. The first kappa shape index (κ1) is 30.9. The molecule has 0 radical (unpaired) electrons. The second-order valence-electron chi connectivity index (χ2n) is 8.76. The number of carbonyl (C=O) groups is 1. The number of carbonyl (C=O) groups excluding carboxylic acids is 1. The summed E-state index contributed by atoms with van der Waals surface area (Å²) >= 11 is 16.7. The molecule has 0 aliphatic carbocycles. The summed E-state index contributed by atoms with van der Waals surface area (Å²) in [6.07, 6.45) is 1.47. The predicted octanol–water partition coefficient (Wildman–Crippen LogP) is 6.24. The highest BCUT2D eigenvalue weighted by Gasteiger charge is 2.32. The zero-order valence-electron chi connectivity index (χ0n) is 21.7. The number of hydrogen-bond donors (Lipinski definition) is 1. The molecule has 1 fully saturated rings. The number of pyridine rings is 1. The number of benzene rings is 3. The number of anilines is 1. The standard InChI is InChI=1S/C27H22Cl2N4O4.CH3Cl.H3N/c28-21-11-10-19(16-22(21)29)26(34)31-14-12-30(13-15-31)24-20-8-4-5-9-23(20)32(27(35)25(24)33(36)37)17-18-6-2-1-3-7-18;1-2;/h1-11,16H,12-15,17H2;1H3;1H3. The lowest BCUT2D eigenvalue weighted by molar-refractivity contribution is -0.385. The topological polar surface area (TPSA) is 124 Å². The summed E-state index contributed by atoms with van der Waals surface area (Å²) in [5.41, 5.74) is 1.08. The van der Waals surface area contributed by atoms with Gasteiger partial charge in [0.15, 0.2) is 0 Å². The van der Waals surface area contributed by atoms with Crippen LogP contribution in [0.25, 0.3) is 10.9 Å². The smallest absolute Gasteiger partial charge is 0.357 e. The van der Waals surface area contributed by atoms with Gasteiger partial charge in [0.2, 0.25) is 0 Å². The van der Waals surface area contributed by atoms with Gasteiger partial charge in [-0.15, -0.1) is 11.6 Å². The van der Waals surface area contributed by atoms with E-state index in [-0.39, 0.29) is 24.3 Å². The number of fused-ring (bicyclic) bond motifs is 1. The molecule has 1 amide bonds. The van der Waals surface area contributed by atoms with Gasteiger partial charge in [0.25, 0.3) is 5.91 Å². The third-order valence-corrected chi connectivity index (χ3v) is 7.28. The van der Waals surface area contributed by atoms with E-state index in [1.807, 2.05) is 41.3 Å². The van der Waals surface area contributed by atoms with Crippen LogP contribution in [0.3, 0.4) is 0 Å². The molecule has 1 aliphatic rings. The fourth-order valence-electron chi connectivity index (χ4n) is 4.73. The van der Waals surface area contributed by atoms with Gasteiger partial charge in [0.1, 0.15) is 5.69 Å². The average molecular weight is 605 g/mol. The Hall–Kier alpha value is -3.63. The molecule has 4 aromatic rings. The van der Waals surface area contributed by atoms with E-state index in [1.165, 1.54) is 17.0 Å². The van der Waals surface area contributed by atoms with Crippen molar-refractivity contribution >= 4 is 63.0 Å². The molecule has 3 aromatic carbocycles. The number of piperazine rings is 1. The molecule has 0 atom stereocenters. The van der Waals surface area contributed by atoms with Crippen molar-refractivity contribution in [1.82, 2.24) is 15.6 Å². The Bertz CT molecular complexity index is 1570. The quantitative estimate of drug-likeness (QED) is 0.163. The maximum Gasteiger partial charge on any atom is 0.357 e. The number of para-hydroxylation sites is 1. The first-order valence-electron chi connectivity index (χ1n) is 12.1. The van der Waals surface area contributed by atoms with Crippen molar-refractivity contribution in [2.45, 2.75) is 6.54 Å². The van der Waals surface area contributed by atoms with E-state index in [2.05, 4.69) is 11.6 Å². The van der Waals surface area contributed by atoms with Crippen molar-refractivity contribution in [1.29, 1.82) is 0 Å². The second kappa shape index (κ2) is 13.6. The van der Waals surface area contributed by atoms with Crippen LogP contribution in [0.4, 0.5) is 11.4 Å². The molecule has 9 nitrogen and oxygen atoms in total. The van der Waals surface area contributed by atoms with Gasteiger partial charge in [0.05, 0.1) is 27.0 Å². The van der Waals surface area contributed by atoms with Crippen LogP contribution in [0.5, 0.6) is 0 Å². The van der Waals surface area contributed by atoms with E-state index in [0.717, 1.165) is 5.56 Å². The fraction of sp³-hybridized carbons (Fsp3) is 0.214. The molecule has 0 unspecified atom stereocenters. The maximum absolute atomic E-state index is 13.5. The Morgan fingerprint density at radius 1 is 0.900 bits per heavy atom. The lowest BCUT2D eigenvalue weighted by atomic mass is 10.1. The molecule has 5 rings (SSSR count). The van der Waals surface area contributed by atoms with Crippen molar-refractivity contribution in [3.63, 3.8) is 0 Å². The number of amides is 1. The van der Waals surface area contributed by atoms with Crippen molar-refractivity contribution in [3.05, 3.63) is 114 Å². The molecule has 1 aromatic heterocycles. The summed E-state index contributed by atoms with van der Waals surface area (Å²) in [5, 5.41) is 13.5. The van der Waals surface area contributed by atoms with Crippen LogP contribution in [-0.2, 0) is 6.54 Å². The number of rotatable bonds is 5. The van der Waals surface area contributed by atoms with Gasteiger partial charge in [-0.25, -0.2) is 0 Å². The highest BCUT2D eigenvalue weighted by molar-refractivity contribution is 6.42. The molecule has 0 saturated carbocycles. The van der Waals surface area contributed by atoms with Gasteiger partial charge in [-0.1, -0.05) is 71.7 Å². The first-order valence-corrected chi connectivity index (χ1v) is 13.6. The second-order valence-corrected chi connectivity index (χ2v) is 9.57. The SMILES string of the molecule is CCl.N.O=C(c1ccc(Cl)c(Cl)c1)N1CCN(c2c([N+](=O)[O-])c(=O)n(Cc3ccccc3)c3ccccc23)CC1. The highest BCUT2D eigenvalue weighted by atomic mass is 35.5. The number of hydrogen-bond acceptors (Lipinski definition) is 6. The Kier molecular flexibility index (Phi) is 10.5. The van der Waals surface area contributed by atoms with Gasteiger partial charge in [-0.2, -0.15) is 0 Å². The zero-order valence-corrected chi connectivity index (χ0v) is 24.0. The Morgan fingerprint density at radius 2 is 1.52 bits per heavy atom. The van der Waals surface area contributed by atoms with E-state index in [1.54, 1.807) is 35.2 Å². The van der Waals surface area contributed by atoms with Gasteiger partial charge in [-0.3, -0.25) is 24.3 Å². The lowest BCUT2D eigenvalue weighted by Crippen LogP contribution is -2.49. The third kappa shape index (κ3) is 6.23. The minimum Gasteiger partial charge on any atom is -0.362 e. The molecule has 1 saturated heterocycles. The number of aromatic nitrogens is 1. The highest BCUT2D eigenvalue weighted by Crippen LogP contribution is 2.34. The van der Waals surface area contributed by atoms with Crippen molar-refractivity contribution in [3.8, 4) is 0 Å². The van der Waals surface area contributed by atoms with Crippen LogP contribution in [0, 0.1) is 10.1 Å². The van der Waals surface area contributed by atoms with Crippen molar-refractivity contribution in [2.75, 3.05) is 37.5 Å². The third-order valence-electron chi connectivity index (χ3n) is 6.54. The predicted molar refractivity (Wildman–Crippen MR) is 162 cm³/mol. The van der Waals surface area contributed by atoms with Gasteiger partial charge in [-0.05, 0) is 29.8 Å². The molecule has 0 bridgehead atoms. The van der Waals surface area contributed by atoms with Gasteiger partial charge < -0.3 is 16.0 Å². The molecule has 12 heteroatoms. The lowest BCUT2D eigenvalue weighted by Gasteiger charge is -2.36. The summed E-state index contributed by atoms with van der Waals surface area (Å²) in [5.74, 6) is -0.198. The average Bonchev–Trinajstić information content (AvgIpc) is 2.97. The van der Waals surface area contributed by atoms with E-state index in [9.17, 15) is 19.7 Å². The van der Waals surface area contributed by atoms with Crippen LogP contribution < -0.4 is 16.6 Å². The Balaban J connectivity index is 0.00000144. The van der Waals surface area contributed by atoms with Gasteiger partial charge in [0, 0.05) is 43.5 Å². The number of nitrogens with zero attached hydrogens (tertiary/aromatic N) is 4. The molecular formula is C28H28Cl3N5O4. The van der Waals surface area contributed by atoms with Crippen LogP contribution >= 0.6 is 34.8 Å². The monoisotopic (exact) mass is 603 g/mol. The largest absolute Gasteiger partial charge is 0.362 e. The van der Waals surface area contributed by atoms with Crippen LogP contribution in [0.15, 0.2) is 77.6 Å². The van der Waals surface area contributed by atoms with E-state index in [0.29, 0.717) is 52.7 Å². The van der Waals surface area contributed by atoms with Gasteiger partial charge >= 0.3 is 11.2 Å². The summed E-state index contributed by atoms with van der Waals surface area (Å²) in [4.78, 5) is 41.7. The minimum atomic E-state index is -0.656. The summed E-state index contributed by atoms with van der Waals surface area (Å²) in [7, 11) is 0. The zero-order chi connectivity index (χ0) is 28.1. The molecule has 40 heavy (non-hydrogen) atoms. The molecule has 1 aliphatic heterocycles. The minimum absolute atomic E-state index is 0. The van der Waals surface area contributed by atoms with Crippen LogP contribution in [0.2, 0.25) is 10.0 Å². The molecule has 210 valence electrons. The van der Waals surface area contributed by atoms with E-state index < -0.39 is 16.2 Å². The summed E-state index contributed by atoms with van der Waals surface area (Å²) < 4.78 is 1.45. The van der Waals surface area contributed by atoms with Crippen molar-refractivity contribution in [2.24, 2.45) is 0 Å². The first-order chi connectivity index (χ1) is 18.8. The van der Waals surface area contributed by atoms with Crippen LogP contribution in [0.1, 0.15) is 15.9 Å². The van der Waals surface area contributed by atoms with Crippen molar-refractivity contribution < 1.29 is 9.72 Å². The molecule has 0 spiro atoms. The van der Waals surface area contributed by atoms with E-state index >= 15 is 0 Å². The van der Waals surface area contributed by atoms with Crippen LogP contribution in [-0.4, -0.2) is 52.9 Å². The van der Waals surface area contributed by atoms with E-state index in [4.69, 9.17) is 23.2 Å². The number of alkyl halides is 1. The number of halogens is 3. The fourth-order valence-corrected chi connectivity index (χ4v) is 5.03. The Labute approximate surface area is 246 Å².